The normalized spacial score (nSPS) is 16.7. The molecular formula is C14H19FN2O. The molecule has 1 aliphatic carbocycles. The quantitative estimate of drug-likeness (QED) is 0.870. The summed E-state index contributed by atoms with van der Waals surface area (Å²) in [6.07, 6.45) is 2.52. The summed E-state index contributed by atoms with van der Waals surface area (Å²) in [5, 5.41) is 2.71. The summed E-state index contributed by atoms with van der Waals surface area (Å²) >= 11 is 0. The minimum Gasteiger partial charge on any atom is -0.325 e. The number of anilines is 1. The molecule has 4 heteroatoms. The molecule has 1 unspecified atom stereocenters. The summed E-state index contributed by atoms with van der Waals surface area (Å²) in [7, 11) is 1.95. The fraction of sp³-hybridized carbons (Fsp3) is 0.500. The van der Waals surface area contributed by atoms with Crippen molar-refractivity contribution in [3.63, 3.8) is 0 Å². The lowest BCUT2D eigenvalue weighted by Crippen LogP contribution is -2.37. The van der Waals surface area contributed by atoms with Crippen molar-refractivity contribution in [2.24, 2.45) is 5.92 Å². The van der Waals surface area contributed by atoms with Crippen LogP contribution >= 0.6 is 0 Å². The van der Waals surface area contributed by atoms with E-state index in [1.807, 2.05) is 11.9 Å². The number of nitrogens with one attached hydrogen (secondary N) is 1. The van der Waals surface area contributed by atoms with E-state index in [0.717, 1.165) is 5.92 Å². The molecule has 18 heavy (non-hydrogen) atoms. The Bertz CT molecular complexity index is 432. The number of carbonyl (C=O) groups excluding carboxylic acids is 1. The van der Waals surface area contributed by atoms with Gasteiger partial charge in [-0.2, -0.15) is 0 Å². The number of carbonyl (C=O) groups is 1. The van der Waals surface area contributed by atoms with Crippen molar-refractivity contribution in [2.45, 2.75) is 25.8 Å². The Hall–Kier alpha value is -1.42. The standard InChI is InChI=1S/C14H19FN2O/c1-10(11-6-7-11)17(2)9-14(18)16-13-5-3-4-12(15)8-13/h3-5,8,10-11H,6-7,9H2,1-2H3,(H,16,18). The fourth-order valence-electron chi connectivity index (χ4n) is 2.08. The van der Waals surface area contributed by atoms with Crippen molar-refractivity contribution in [3.05, 3.63) is 30.1 Å². The number of amides is 1. The van der Waals surface area contributed by atoms with Gasteiger partial charge in [-0.3, -0.25) is 9.69 Å². The Balaban J connectivity index is 1.84. The Labute approximate surface area is 107 Å². The molecule has 0 saturated heterocycles. The van der Waals surface area contributed by atoms with Crippen LogP contribution < -0.4 is 5.32 Å². The van der Waals surface area contributed by atoms with Gasteiger partial charge in [0.05, 0.1) is 6.54 Å². The summed E-state index contributed by atoms with van der Waals surface area (Å²) in [4.78, 5) is 13.9. The average molecular weight is 250 g/mol. The monoisotopic (exact) mass is 250 g/mol. The van der Waals surface area contributed by atoms with Crippen LogP contribution in [0.15, 0.2) is 24.3 Å². The first-order valence-corrected chi connectivity index (χ1v) is 6.32. The highest BCUT2D eigenvalue weighted by Crippen LogP contribution is 2.34. The molecule has 98 valence electrons. The van der Waals surface area contributed by atoms with Gasteiger partial charge in [0.2, 0.25) is 5.91 Å². The topological polar surface area (TPSA) is 32.3 Å². The van der Waals surface area contributed by atoms with E-state index in [1.54, 1.807) is 12.1 Å². The molecule has 1 aromatic rings. The van der Waals surface area contributed by atoms with E-state index in [4.69, 9.17) is 0 Å². The summed E-state index contributed by atoms with van der Waals surface area (Å²) in [6.45, 7) is 2.49. The molecule has 0 heterocycles. The third-order valence-electron chi connectivity index (χ3n) is 3.50. The van der Waals surface area contributed by atoms with Gasteiger partial charge >= 0.3 is 0 Å². The highest BCUT2D eigenvalue weighted by Gasteiger charge is 2.30. The predicted octanol–water partition coefficient (Wildman–Crippen LogP) is 2.49. The molecule has 1 N–H and O–H groups in total. The number of benzene rings is 1. The highest BCUT2D eigenvalue weighted by molar-refractivity contribution is 5.92. The van der Waals surface area contributed by atoms with Crippen molar-refractivity contribution < 1.29 is 9.18 Å². The van der Waals surface area contributed by atoms with Gasteiger partial charge in [-0.05, 0) is 50.9 Å². The number of hydrogen-bond acceptors (Lipinski definition) is 2. The lowest BCUT2D eigenvalue weighted by molar-refractivity contribution is -0.117. The lowest BCUT2D eigenvalue weighted by Gasteiger charge is -2.23. The van der Waals surface area contributed by atoms with E-state index >= 15 is 0 Å². The van der Waals surface area contributed by atoms with Gasteiger partial charge in [-0.15, -0.1) is 0 Å². The first kappa shape index (κ1) is 13.0. The van der Waals surface area contributed by atoms with E-state index in [0.29, 0.717) is 18.3 Å². The average Bonchev–Trinajstić information content (AvgIpc) is 3.11. The maximum atomic E-state index is 13.0. The van der Waals surface area contributed by atoms with E-state index in [1.165, 1.54) is 25.0 Å². The first-order valence-electron chi connectivity index (χ1n) is 6.32. The molecule has 0 radical (unpaired) electrons. The molecular weight excluding hydrogens is 231 g/mol. The maximum Gasteiger partial charge on any atom is 0.238 e. The maximum absolute atomic E-state index is 13.0. The molecule has 1 aromatic carbocycles. The second kappa shape index (κ2) is 5.48. The van der Waals surface area contributed by atoms with E-state index in [2.05, 4.69) is 12.2 Å². The van der Waals surface area contributed by atoms with Crippen LogP contribution in [0, 0.1) is 11.7 Å². The molecule has 0 bridgehead atoms. The third-order valence-corrected chi connectivity index (χ3v) is 3.50. The van der Waals surface area contributed by atoms with Crippen LogP contribution in [0.2, 0.25) is 0 Å². The molecule has 3 nitrogen and oxygen atoms in total. The van der Waals surface area contributed by atoms with Gasteiger partial charge in [-0.25, -0.2) is 4.39 Å². The second-order valence-corrected chi connectivity index (χ2v) is 5.05. The lowest BCUT2D eigenvalue weighted by atomic mass is 10.2. The number of hydrogen-bond donors (Lipinski definition) is 1. The SMILES string of the molecule is CC(C1CC1)N(C)CC(=O)Nc1cccc(F)c1. The molecule has 2 rings (SSSR count). The van der Waals surface area contributed by atoms with Gasteiger partial charge in [0.15, 0.2) is 0 Å². The van der Waals surface area contributed by atoms with Crippen LogP contribution in [0.1, 0.15) is 19.8 Å². The molecule has 1 saturated carbocycles. The Morgan fingerprint density at radius 1 is 1.56 bits per heavy atom. The minimum atomic E-state index is -0.340. The summed E-state index contributed by atoms with van der Waals surface area (Å²) in [5.74, 6) is 0.292. The molecule has 1 atom stereocenters. The largest absolute Gasteiger partial charge is 0.325 e. The first-order chi connectivity index (χ1) is 8.56. The molecule has 0 aliphatic heterocycles. The molecule has 1 aliphatic rings. The van der Waals surface area contributed by atoms with Crippen LogP contribution in [0.3, 0.4) is 0 Å². The van der Waals surface area contributed by atoms with Crippen molar-refractivity contribution >= 4 is 11.6 Å². The molecule has 0 aromatic heterocycles. The zero-order valence-corrected chi connectivity index (χ0v) is 10.8. The molecule has 0 spiro atoms. The van der Waals surface area contributed by atoms with E-state index < -0.39 is 0 Å². The van der Waals surface area contributed by atoms with Gasteiger partial charge in [0.25, 0.3) is 0 Å². The number of likely N-dealkylation sites (N-methyl/N-ethyl adjacent to an activating group) is 1. The van der Waals surface area contributed by atoms with E-state index in [-0.39, 0.29) is 11.7 Å². The predicted molar refractivity (Wildman–Crippen MR) is 69.8 cm³/mol. The van der Waals surface area contributed by atoms with Crippen LogP contribution in [0.4, 0.5) is 10.1 Å². The fourth-order valence-corrected chi connectivity index (χ4v) is 2.08. The van der Waals surface area contributed by atoms with Gasteiger partial charge in [-0.1, -0.05) is 6.07 Å². The second-order valence-electron chi connectivity index (χ2n) is 5.05. The van der Waals surface area contributed by atoms with Crippen molar-refractivity contribution in [3.8, 4) is 0 Å². The number of nitrogens with zero attached hydrogens (tertiary/aromatic N) is 1. The summed E-state index contributed by atoms with van der Waals surface area (Å²) < 4.78 is 13.0. The van der Waals surface area contributed by atoms with Crippen molar-refractivity contribution in [1.82, 2.24) is 4.90 Å². The Morgan fingerprint density at radius 3 is 2.89 bits per heavy atom. The number of rotatable bonds is 5. The van der Waals surface area contributed by atoms with Crippen molar-refractivity contribution in [2.75, 3.05) is 18.9 Å². The van der Waals surface area contributed by atoms with Crippen LogP contribution in [-0.2, 0) is 4.79 Å². The van der Waals surface area contributed by atoms with Gasteiger partial charge < -0.3 is 5.32 Å². The van der Waals surface area contributed by atoms with Crippen LogP contribution in [0.5, 0.6) is 0 Å². The Kier molecular flexibility index (Phi) is 3.97. The zero-order chi connectivity index (χ0) is 13.1. The van der Waals surface area contributed by atoms with Gasteiger partial charge in [0, 0.05) is 11.7 Å². The third kappa shape index (κ3) is 3.53. The molecule has 1 fully saturated rings. The van der Waals surface area contributed by atoms with Crippen molar-refractivity contribution in [1.29, 1.82) is 0 Å². The number of halogens is 1. The smallest absolute Gasteiger partial charge is 0.238 e. The van der Waals surface area contributed by atoms with Crippen LogP contribution in [0.25, 0.3) is 0 Å². The van der Waals surface area contributed by atoms with E-state index in [9.17, 15) is 9.18 Å². The van der Waals surface area contributed by atoms with Gasteiger partial charge in [0.1, 0.15) is 5.82 Å². The molecule has 1 amide bonds. The van der Waals surface area contributed by atoms with Crippen LogP contribution in [-0.4, -0.2) is 30.4 Å². The highest BCUT2D eigenvalue weighted by atomic mass is 19.1. The summed E-state index contributed by atoms with van der Waals surface area (Å²) in [6, 6.07) is 6.38. The zero-order valence-electron chi connectivity index (χ0n) is 10.8. The minimum absolute atomic E-state index is 0.101. The Morgan fingerprint density at radius 2 is 2.28 bits per heavy atom. The summed E-state index contributed by atoms with van der Waals surface area (Å²) in [5.41, 5.74) is 0.507.